The van der Waals surface area contributed by atoms with Crippen LogP contribution in [0.5, 0.6) is 0 Å². The summed E-state index contributed by atoms with van der Waals surface area (Å²) in [5.41, 5.74) is 0.341. The maximum atomic E-state index is 5.79. The van der Waals surface area contributed by atoms with E-state index in [-0.39, 0.29) is 10.3 Å². The van der Waals surface area contributed by atoms with Gasteiger partial charge in [0.15, 0.2) is 0 Å². The molecule has 0 unspecified atom stereocenters. The SMILES string of the molecule is Cc1nc(Cl)c(C#CN=C=S)c(Cl)n1. The Labute approximate surface area is 96.2 Å². The lowest BCUT2D eigenvalue weighted by Crippen LogP contribution is -1.93. The van der Waals surface area contributed by atoms with Gasteiger partial charge in [-0.1, -0.05) is 23.2 Å². The Morgan fingerprint density at radius 3 is 2.36 bits per heavy atom. The molecule has 0 amide bonds. The largest absolute Gasteiger partial charge is 0.220 e. The molecule has 0 radical (unpaired) electrons. The lowest BCUT2D eigenvalue weighted by molar-refractivity contribution is 1.05. The molecule has 0 aliphatic heterocycles. The molecule has 1 rings (SSSR count). The topological polar surface area (TPSA) is 38.1 Å². The fourth-order valence-electron chi connectivity index (χ4n) is 0.716. The number of hydrogen-bond acceptors (Lipinski definition) is 4. The molecular weight excluding hydrogens is 241 g/mol. The van der Waals surface area contributed by atoms with Crippen molar-refractivity contribution in [1.29, 1.82) is 0 Å². The number of hydrogen-bond donors (Lipinski definition) is 0. The van der Waals surface area contributed by atoms with Crippen molar-refractivity contribution in [3.05, 3.63) is 21.7 Å². The highest BCUT2D eigenvalue weighted by atomic mass is 35.5. The summed E-state index contributed by atoms with van der Waals surface area (Å²) in [5.74, 6) is 3.06. The van der Waals surface area contributed by atoms with Gasteiger partial charge in [-0.3, -0.25) is 0 Å². The van der Waals surface area contributed by atoms with Crippen molar-refractivity contribution in [1.82, 2.24) is 9.97 Å². The van der Waals surface area contributed by atoms with E-state index < -0.39 is 0 Å². The zero-order valence-electron chi connectivity index (χ0n) is 7.01. The predicted octanol–water partition coefficient (Wildman–Crippen LogP) is 2.50. The highest BCUT2D eigenvalue weighted by molar-refractivity contribution is 7.78. The second kappa shape index (κ2) is 5.04. The molecular formula is C8H3Cl2N3S. The summed E-state index contributed by atoms with van der Waals surface area (Å²) >= 11 is 15.9. The molecule has 1 aromatic heterocycles. The first-order valence-electron chi connectivity index (χ1n) is 3.42. The number of nitrogens with zero attached hydrogens (tertiary/aromatic N) is 3. The van der Waals surface area contributed by atoms with Gasteiger partial charge >= 0.3 is 0 Å². The molecule has 0 bridgehead atoms. The van der Waals surface area contributed by atoms with E-state index in [0.29, 0.717) is 11.4 Å². The Kier molecular flexibility index (Phi) is 3.99. The predicted molar refractivity (Wildman–Crippen MR) is 58.7 cm³/mol. The Morgan fingerprint density at radius 2 is 1.86 bits per heavy atom. The average Bonchev–Trinajstić information content (AvgIpc) is 2.09. The number of thiocarbonyl (C=S) groups is 1. The quantitative estimate of drug-likeness (QED) is 0.304. The summed E-state index contributed by atoms with van der Waals surface area (Å²) in [6.07, 6.45) is 0. The van der Waals surface area contributed by atoms with Crippen molar-refractivity contribution in [2.24, 2.45) is 4.99 Å². The first kappa shape index (κ1) is 11.1. The third kappa shape index (κ3) is 2.76. The Hall–Kier alpha value is -0.980. The van der Waals surface area contributed by atoms with Gasteiger partial charge in [-0.2, -0.15) is 0 Å². The van der Waals surface area contributed by atoms with Crippen LogP contribution in [-0.4, -0.2) is 15.1 Å². The summed E-state index contributed by atoms with van der Waals surface area (Å²) in [6, 6.07) is 2.36. The second-order valence-corrected chi connectivity index (χ2v) is 3.07. The van der Waals surface area contributed by atoms with Gasteiger partial charge in [0, 0.05) is 0 Å². The van der Waals surface area contributed by atoms with Gasteiger partial charge < -0.3 is 0 Å². The van der Waals surface area contributed by atoms with Gasteiger partial charge in [0.25, 0.3) is 0 Å². The number of aliphatic imine (C=N–C) groups is 1. The highest BCUT2D eigenvalue weighted by Crippen LogP contribution is 2.19. The van der Waals surface area contributed by atoms with Crippen molar-refractivity contribution < 1.29 is 0 Å². The fourth-order valence-corrected chi connectivity index (χ4v) is 1.33. The first-order chi connectivity index (χ1) is 6.65. The zero-order valence-corrected chi connectivity index (χ0v) is 9.33. The lowest BCUT2D eigenvalue weighted by Gasteiger charge is -1.98. The smallest absolute Gasteiger partial charge is 0.150 e. The molecule has 0 atom stereocenters. The summed E-state index contributed by atoms with van der Waals surface area (Å²) < 4.78 is 0. The van der Waals surface area contributed by atoms with E-state index in [1.165, 1.54) is 0 Å². The first-order valence-corrected chi connectivity index (χ1v) is 4.59. The van der Waals surface area contributed by atoms with Gasteiger partial charge in [-0.25, -0.2) is 9.97 Å². The van der Waals surface area contributed by atoms with Gasteiger partial charge in [0.05, 0.1) is 11.2 Å². The molecule has 0 aliphatic rings. The maximum absolute atomic E-state index is 5.79. The second-order valence-electron chi connectivity index (χ2n) is 2.17. The van der Waals surface area contributed by atoms with Crippen molar-refractivity contribution in [2.45, 2.75) is 6.92 Å². The zero-order chi connectivity index (χ0) is 10.6. The van der Waals surface area contributed by atoms with E-state index >= 15 is 0 Å². The molecule has 0 N–H and O–H groups in total. The molecule has 0 saturated carbocycles. The maximum Gasteiger partial charge on any atom is 0.150 e. The van der Waals surface area contributed by atoms with E-state index in [1.807, 2.05) is 0 Å². The van der Waals surface area contributed by atoms with Crippen LogP contribution in [0.15, 0.2) is 4.99 Å². The number of halogens is 2. The van der Waals surface area contributed by atoms with Crippen molar-refractivity contribution in [3.63, 3.8) is 0 Å². The molecule has 0 saturated heterocycles. The Bertz CT molecular complexity index is 446. The molecule has 0 spiro atoms. The minimum absolute atomic E-state index is 0.203. The van der Waals surface area contributed by atoms with Gasteiger partial charge in [0.2, 0.25) is 0 Å². The van der Waals surface area contributed by atoms with Crippen LogP contribution >= 0.6 is 35.4 Å². The van der Waals surface area contributed by atoms with Crippen molar-refractivity contribution in [2.75, 3.05) is 0 Å². The van der Waals surface area contributed by atoms with Crippen LogP contribution in [0.3, 0.4) is 0 Å². The standard InChI is InChI=1S/C8H3Cl2N3S/c1-5-12-7(9)6(8(10)13-5)2-3-11-4-14/h1H3. The minimum atomic E-state index is 0.203. The molecule has 70 valence electrons. The molecule has 6 heteroatoms. The van der Waals surface area contributed by atoms with E-state index in [1.54, 1.807) is 6.92 Å². The minimum Gasteiger partial charge on any atom is -0.220 e. The van der Waals surface area contributed by atoms with Gasteiger partial charge in [0.1, 0.15) is 21.7 Å². The molecule has 14 heavy (non-hydrogen) atoms. The van der Waals surface area contributed by atoms with E-state index in [2.05, 4.69) is 44.3 Å². The molecule has 1 heterocycles. The molecule has 0 fully saturated rings. The highest BCUT2D eigenvalue weighted by Gasteiger charge is 2.06. The van der Waals surface area contributed by atoms with E-state index in [4.69, 9.17) is 23.2 Å². The normalized spacial score (nSPS) is 8.50. The Balaban J connectivity index is 3.23. The Morgan fingerprint density at radius 1 is 1.29 bits per heavy atom. The van der Waals surface area contributed by atoms with Gasteiger partial charge in [-0.05, 0) is 25.1 Å². The number of rotatable bonds is 0. The van der Waals surface area contributed by atoms with Crippen LogP contribution in [0.25, 0.3) is 0 Å². The summed E-state index contributed by atoms with van der Waals surface area (Å²) in [5, 5.41) is 2.50. The van der Waals surface area contributed by atoms with E-state index in [0.717, 1.165) is 0 Å². The molecule has 3 nitrogen and oxygen atoms in total. The van der Waals surface area contributed by atoms with Crippen LogP contribution < -0.4 is 0 Å². The van der Waals surface area contributed by atoms with Crippen molar-refractivity contribution in [3.8, 4) is 12.0 Å². The van der Waals surface area contributed by atoms with Crippen LogP contribution in [0.4, 0.5) is 0 Å². The third-order valence-corrected chi connectivity index (χ3v) is 1.85. The summed E-state index contributed by atoms with van der Waals surface area (Å²) in [6.45, 7) is 1.68. The van der Waals surface area contributed by atoms with Crippen LogP contribution in [0, 0.1) is 18.9 Å². The van der Waals surface area contributed by atoms with Crippen LogP contribution in [-0.2, 0) is 0 Å². The fraction of sp³-hybridized carbons (Fsp3) is 0.125. The number of aryl methyl sites for hydroxylation is 1. The molecule has 0 aromatic carbocycles. The van der Waals surface area contributed by atoms with Crippen LogP contribution in [0.2, 0.25) is 10.3 Å². The van der Waals surface area contributed by atoms with E-state index in [9.17, 15) is 0 Å². The molecule has 0 aliphatic carbocycles. The van der Waals surface area contributed by atoms with Crippen LogP contribution in [0.1, 0.15) is 11.4 Å². The third-order valence-electron chi connectivity index (χ3n) is 1.21. The summed E-state index contributed by atoms with van der Waals surface area (Å²) in [4.78, 5) is 11.2. The summed E-state index contributed by atoms with van der Waals surface area (Å²) in [7, 11) is 0. The van der Waals surface area contributed by atoms with Gasteiger partial charge in [-0.15, -0.1) is 4.99 Å². The average molecular weight is 244 g/mol. The number of isothiocyanates is 1. The van der Waals surface area contributed by atoms with Crippen molar-refractivity contribution >= 4 is 40.6 Å². The number of aromatic nitrogens is 2. The monoisotopic (exact) mass is 243 g/mol. The molecule has 1 aromatic rings. The lowest BCUT2D eigenvalue weighted by atomic mass is 10.3.